The lowest BCUT2D eigenvalue weighted by atomic mass is 9.94. The number of hydrogen-bond donors (Lipinski definition) is 2. The van der Waals surface area contributed by atoms with E-state index in [1.807, 2.05) is 30.3 Å². The Morgan fingerprint density at radius 1 is 0.971 bits per heavy atom. The Morgan fingerprint density at radius 3 is 2.38 bits per heavy atom. The monoisotopic (exact) mass is 455 g/mol. The van der Waals surface area contributed by atoms with Gasteiger partial charge >= 0.3 is 5.97 Å². The van der Waals surface area contributed by atoms with E-state index < -0.39 is 29.5 Å². The van der Waals surface area contributed by atoms with Crippen LogP contribution in [0.5, 0.6) is 5.75 Å². The number of nitrogens with zero attached hydrogens (tertiary/aromatic N) is 1. The number of aliphatic hydroxyl groups excluding tert-OH is 1. The highest BCUT2D eigenvalue weighted by Crippen LogP contribution is 2.44. The number of allylic oxidation sites excluding steroid dienone is 1. The van der Waals surface area contributed by atoms with Crippen LogP contribution in [0.4, 0.5) is 5.69 Å². The number of aromatic carboxylic acids is 1. The van der Waals surface area contributed by atoms with Crippen molar-refractivity contribution < 1.29 is 29.3 Å². The van der Waals surface area contributed by atoms with Crippen molar-refractivity contribution in [2.24, 2.45) is 0 Å². The van der Waals surface area contributed by atoms with Crippen molar-refractivity contribution in [1.82, 2.24) is 0 Å². The van der Waals surface area contributed by atoms with E-state index in [1.54, 1.807) is 36.4 Å². The highest BCUT2D eigenvalue weighted by molar-refractivity contribution is 6.20. The van der Waals surface area contributed by atoms with E-state index in [0.29, 0.717) is 11.3 Å². The van der Waals surface area contributed by atoms with E-state index in [2.05, 4.69) is 0 Å². The Balaban J connectivity index is 1.85. The van der Waals surface area contributed by atoms with E-state index in [9.17, 15) is 24.6 Å². The molecule has 0 aromatic heterocycles. The topological polar surface area (TPSA) is 104 Å². The molecule has 0 spiro atoms. The molecule has 1 aliphatic heterocycles. The number of aliphatic hydroxyl groups is 1. The van der Waals surface area contributed by atoms with Crippen LogP contribution in [0.3, 0.4) is 0 Å². The molecule has 7 heteroatoms. The summed E-state index contributed by atoms with van der Waals surface area (Å²) in [5, 5.41) is 20.2. The summed E-state index contributed by atoms with van der Waals surface area (Å²) in [6.45, 7) is 0. The molecule has 170 valence electrons. The lowest BCUT2D eigenvalue weighted by molar-refractivity contribution is -0.117. The van der Waals surface area contributed by atoms with Crippen LogP contribution in [0.25, 0.3) is 6.08 Å². The summed E-state index contributed by atoms with van der Waals surface area (Å²) in [5.41, 5.74) is 1.32. The van der Waals surface area contributed by atoms with Crippen molar-refractivity contribution in [3.8, 4) is 5.75 Å². The van der Waals surface area contributed by atoms with Crippen molar-refractivity contribution in [3.05, 3.63) is 113 Å². The normalized spacial score (nSPS) is 15.7. The molecule has 4 rings (SSSR count). The maximum absolute atomic E-state index is 13.3. The second-order valence-corrected chi connectivity index (χ2v) is 7.55. The van der Waals surface area contributed by atoms with Crippen molar-refractivity contribution in [3.63, 3.8) is 0 Å². The van der Waals surface area contributed by atoms with E-state index in [4.69, 9.17) is 4.74 Å². The van der Waals surface area contributed by atoms with Gasteiger partial charge in [0.2, 0.25) is 0 Å². The van der Waals surface area contributed by atoms with E-state index >= 15 is 0 Å². The number of benzene rings is 3. The molecule has 34 heavy (non-hydrogen) atoms. The molecule has 0 fully saturated rings. The number of ether oxygens (including phenoxy) is 1. The van der Waals surface area contributed by atoms with Crippen molar-refractivity contribution in [2.75, 3.05) is 12.0 Å². The minimum Gasteiger partial charge on any atom is -0.503 e. The first-order chi connectivity index (χ1) is 16.4. The highest BCUT2D eigenvalue weighted by Gasteiger charge is 2.45. The van der Waals surface area contributed by atoms with Crippen LogP contribution in [0.1, 0.15) is 27.5 Å². The predicted octanol–water partition coefficient (Wildman–Crippen LogP) is 4.58. The zero-order chi connectivity index (χ0) is 24.2. The number of carbonyl (C=O) groups excluding carboxylic acids is 2. The molecule has 1 amide bonds. The van der Waals surface area contributed by atoms with Gasteiger partial charge in [0, 0.05) is 11.3 Å². The average molecular weight is 455 g/mol. The van der Waals surface area contributed by atoms with Gasteiger partial charge in [0.1, 0.15) is 5.75 Å². The fourth-order valence-corrected chi connectivity index (χ4v) is 3.92. The second-order valence-electron chi connectivity index (χ2n) is 7.55. The largest absolute Gasteiger partial charge is 0.503 e. The Bertz CT molecular complexity index is 1330. The molecule has 3 aromatic rings. The molecule has 0 bridgehead atoms. The number of amides is 1. The number of ketones is 1. The number of rotatable bonds is 7. The standard InChI is InChI=1S/C27H21NO6/c1-34-22-13-6-5-12-20(22)24-23(21(29)15-14-17-8-3-2-4-9-17)25(30)26(31)28(24)19-11-7-10-18(16-19)27(32)33/h2-16,24,30H,1H3,(H,32,33). The SMILES string of the molecule is COc1ccccc1C1C(C(=O)C=Cc2ccccc2)=C(O)C(=O)N1c1cccc(C(=O)O)c1. The minimum atomic E-state index is -1.17. The second kappa shape index (κ2) is 9.46. The molecule has 1 atom stereocenters. The molecular weight excluding hydrogens is 434 g/mol. The summed E-state index contributed by atoms with van der Waals surface area (Å²) in [5.74, 6) is -2.81. The molecule has 1 heterocycles. The Kier molecular flexibility index (Phi) is 6.27. The Morgan fingerprint density at radius 2 is 1.68 bits per heavy atom. The first kappa shape index (κ1) is 22.5. The fraction of sp³-hybridized carbons (Fsp3) is 0.0741. The number of anilines is 1. The molecule has 0 aliphatic carbocycles. The summed E-state index contributed by atoms with van der Waals surface area (Å²) >= 11 is 0. The van der Waals surface area contributed by atoms with Crippen molar-refractivity contribution in [2.45, 2.75) is 6.04 Å². The summed E-state index contributed by atoms with van der Waals surface area (Å²) < 4.78 is 5.47. The van der Waals surface area contributed by atoms with E-state index in [-0.39, 0.29) is 16.8 Å². The minimum absolute atomic E-state index is 0.0349. The molecule has 7 nitrogen and oxygen atoms in total. The summed E-state index contributed by atoms with van der Waals surface area (Å²) in [4.78, 5) is 39.2. The third-order valence-electron chi connectivity index (χ3n) is 5.51. The summed E-state index contributed by atoms with van der Waals surface area (Å²) in [7, 11) is 1.46. The number of carboxylic acids is 1. The number of hydrogen-bond acceptors (Lipinski definition) is 5. The number of methoxy groups -OCH3 is 1. The molecule has 0 saturated heterocycles. The molecule has 2 N–H and O–H groups in total. The molecule has 3 aromatic carbocycles. The first-order valence-corrected chi connectivity index (χ1v) is 10.4. The van der Waals surface area contributed by atoms with Gasteiger partial charge in [0.05, 0.1) is 24.3 Å². The zero-order valence-corrected chi connectivity index (χ0v) is 18.2. The third-order valence-corrected chi connectivity index (χ3v) is 5.51. The van der Waals surface area contributed by atoms with Crippen LogP contribution in [0.15, 0.2) is 96.3 Å². The molecule has 1 unspecified atom stereocenters. The molecular formula is C27H21NO6. The number of para-hydroxylation sites is 1. The molecule has 0 radical (unpaired) electrons. The summed E-state index contributed by atoms with van der Waals surface area (Å²) in [6.07, 6.45) is 2.90. The van der Waals surface area contributed by atoms with E-state index in [1.165, 1.54) is 36.3 Å². The molecule has 0 saturated carbocycles. The van der Waals surface area contributed by atoms with Gasteiger partial charge < -0.3 is 14.9 Å². The van der Waals surface area contributed by atoms with Gasteiger partial charge in [-0.05, 0) is 35.9 Å². The quantitative estimate of drug-likeness (QED) is 0.506. The number of carbonyl (C=O) groups is 3. The van der Waals surface area contributed by atoms with Crippen LogP contribution < -0.4 is 9.64 Å². The fourth-order valence-electron chi connectivity index (χ4n) is 3.92. The lowest BCUT2D eigenvalue weighted by Crippen LogP contribution is -2.31. The maximum Gasteiger partial charge on any atom is 0.335 e. The van der Waals surface area contributed by atoms with Crippen molar-refractivity contribution in [1.29, 1.82) is 0 Å². The van der Waals surface area contributed by atoms with Crippen LogP contribution in [0.2, 0.25) is 0 Å². The zero-order valence-electron chi connectivity index (χ0n) is 18.2. The third kappa shape index (κ3) is 4.19. The number of carboxylic acid groups (broad SMARTS) is 1. The lowest BCUT2D eigenvalue weighted by Gasteiger charge is -2.28. The van der Waals surface area contributed by atoms with Gasteiger partial charge in [-0.3, -0.25) is 14.5 Å². The van der Waals surface area contributed by atoms with Gasteiger partial charge in [0.15, 0.2) is 11.5 Å². The predicted molar refractivity (Wildman–Crippen MR) is 127 cm³/mol. The maximum atomic E-state index is 13.3. The van der Waals surface area contributed by atoms with Gasteiger partial charge in [-0.15, -0.1) is 0 Å². The molecule has 1 aliphatic rings. The summed E-state index contributed by atoms with van der Waals surface area (Å²) in [6, 6.07) is 20.7. The van der Waals surface area contributed by atoms with Crippen molar-refractivity contribution >= 4 is 29.4 Å². The van der Waals surface area contributed by atoms with Crippen LogP contribution in [-0.2, 0) is 9.59 Å². The average Bonchev–Trinajstić information content (AvgIpc) is 3.13. The van der Waals surface area contributed by atoms with Gasteiger partial charge in [-0.2, -0.15) is 0 Å². The highest BCUT2D eigenvalue weighted by atomic mass is 16.5. The van der Waals surface area contributed by atoms with Gasteiger partial charge in [0.25, 0.3) is 5.91 Å². The van der Waals surface area contributed by atoms with Crippen LogP contribution in [0, 0.1) is 0 Å². The van der Waals surface area contributed by atoms with Gasteiger partial charge in [-0.25, -0.2) is 4.79 Å². The van der Waals surface area contributed by atoms with Gasteiger partial charge in [-0.1, -0.05) is 60.7 Å². The first-order valence-electron chi connectivity index (χ1n) is 10.4. The Hall–Kier alpha value is -4.65. The smallest absolute Gasteiger partial charge is 0.335 e. The van der Waals surface area contributed by atoms with E-state index in [0.717, 1.165) is 5.56 Å². The van der Waals surface area contributed by atoms with Crippen LogP contribution >= 0.6 is 0 Å². The van der Waals surface area contributed by atoms with Crippen LogP contribution in [-0.4, -0.2) is 35.0 Å². The Labute approximate surface area is 195 Å².